The van der Waals surface area contributed by atoms with Crippen LogP contribution in [0, 0.1) is 5.41 Å². The zero-order valence-electron chi connectivity index (χ0n) is 6.21. The van der Waals surface area contributed by atoms with Gasteiger partial charge in [-0.1, -0.05) is 0 Å². The molecule has 0 radical (unpaired) electrons. The first-order valence-electron chi connectivity index (χ1n) is 3.55. The van der Waals surface area contributed by atoms with Crippen molar-refractivity contribution in [3.8, 4) is 0 Å². The predicted octanol–water partition coefficient (Wildman–Crippen LogP) is 0.168. The Hall–Kier alpha value is -1.10. The first-order chi connectivity index (χ1) is 5.09. The van der Waals surface area contributed by atoms with Crippen LogP contribution < -0.4 is 5.73 Å². The second kappa shape index (κ2) is 2.50. The number of guanidine groups is 1. The molecule has 1 rings (SSSR count). The molecule has 0 unspecified atom stereocenters. The minimum Gasteiger partial charge on any atom is -0.435 e. The van der Waals surface area contributed by atoms with Gasteiger partial charge < -0.3 is 10.8 Å². The maximum absolute atomic E-state index is 10.7. The summed E-state index contributed by atoms with van der Waals surface area (Å²) >= 11 is 0. The fraction of sp³-hybridized carbons (Fsp3) is 0.667. The van der Waals surface area contributed by atoms with Crippen LogP contribution in [0.4, 0.5) is 4.79 Å². The Morgan fingerprint density at radius 3 is 2.09 bits per heavy atom. The molecule has 0 aromatic heterocycles. The summed E-state index contributed by atoms with van der Waals surface area (Å²) < 4.78 is -0.361. The van der Waals surface area contributed by atoms with E-state index in [1.54, 1.807) is 0 Å². The van der Waals surface area contributed by atoms with Gasteiger partial charge in [0.1, 0.15) is 0 Å². The fourth-order valence-corrected chi connectivity index (χ4v) is 1.41. The lowest BCUT2D eigenvalue weighted by Crippen LogP contribution is -2.57. The van der Waals surface area contributed by atoms with Crippen LogP contribution in [0.5, 0.6) is 0 Å². The molecule has 0 saturated carbocycles. The van der Waals surface area contributed by atoms with Crippen LogP contribution in [0.3, 0.4) is 0 Å². The van der Waals surface area contributed by atoms with Crippen molar-refractivity contribution >= 4 is 12.1 Å². The maximum atomic E-state index is 10.7. The topological polar surface area (TPSA) is 87.2 Å². The highest BCUT2D eigenvalue weighted by atomic mass is 16.4. The van der Waals surface area contributed by atoms with Crippen LogP contribution in [-0.2, 0) is 0 Å². The van der Waals surface area contributed by atoms with Gasteiger partial charge in [-0.05, 0) is 0 Å². The van der Waals surface area contributed by atoms with Crippen LogP contribution in [0.1, 0.15) is 12.8 Å². The molecular formula is C6H12N3O2+. The molecule has 0 bridgehead atoms. The highest BCUT2D eigenvalue weighted by Crippen LogP contribution is 2.18. The molecule has 11 heavy (non-hydrogen) atoms. The highest BCUT2D eigenvalue weighted by Gasteiger charge is 2.43. The van der Waals surface area contributed by atoms with Crippen molar-refractivity contribution < 1.29 is 14.4 Å². The smallest absolute Gasteiger partial charge is 0.435 e. The van der Waals surface area contributed by atoms with Gasteiger partial charge >= 0.3 is 12.1 Å². The van der Waals surface area contributed by atoms with Crippen LogP contribution in [0.25, 0.3) is 0 Å². The number of carboxylic acid groups (broad SMARTS) is 1. The predicted molar refractivity (Wildman–Crippen MR) is 39.2 cm³/mol. The average Bonchev–Trinajstić information content (AvgIpc) is 2.34. The molecule has 1 heterocycles. The third-order valence-corrected chi connectivity index (χ3v) is 2.16. The van der Waals surface area contributed by atoms with E-state index in [0.717, 1.165) is 12.8 Å². The van der Waals surface area contributed by atoms with Crippen molar-refractivity contribution in [2.24, 2.45) is 5.73 Å². The van der Waals surface area contributed by atoms with E-state index in [-0.39, 0.29) is 10.4 Å². The van der Waals surface area contributed by atoms with Gasteiger partial charge in [-0.2, -0.15) is 9.28 Å². The van der Waals surface area contributed by atoms with Gasteiger partial charge in [0, 0.05) is 12.8 Å². The number of hydrogen-bond donors (Lipinski definition) is 3. The molecule has 62 valence electrons. The Morgan fingerprint density at radius 2 is 1.91 bits per heavy atom. The SMILES string of the molecule is N=C(N)[N+]1(C(=O)O)CCCC1. The Kier molecular flexibility index (Phi) is 1.82. The van der Waals surface area contributed by atoms with E-state index < -0.39 is 6.09 Å². The van der Waals surface area contributed by atoms with Gasteiger partial charge in [0.05, 0.1) is 13.1 Å². The lowest BCUT2D eigenvalue weighted by Gasteiger charge is -2.23. The van der Waals surface area contributed by atoms with Gasteiger partial charge in [0.2, 0.25) is 0 Å². The van der Waals surface area contributed by atoms with E-state index in [2.05, 4.69) is 0 Å². The molecule has 5 nitrogen and oxygen atoms in total. The van der Waals surface area contributed by atoms with E-state index in [4.69, 9.17) is 16.2 Å². The summed E-state index contributed by atoms with van der Waals surface area (Å²) in [5.74, 6) is -0.255. The van der Waals surface area contributed by atoms with Gasteiger partial charge in [-0.15, -0.1) is 0 Å². The number of nitrogens with zero attached hydrogens (tertiary/aromatic N) is 1. The molecule has 1 fully saturated rings. The van der Waals surface area contributed by atoms with Crippen molar-refractivity contribution in [1.82, 2.24) is 0 Å². The van der Waals surface area contributed by atoms with E-state index >= 15 is 0 Å². The normalized spacial score (nSPS) is 21.5. The number of carbonyl (C=O) groups is 1. The largest absolute Gasteiger partial charge is 0.521 e. The molecule has 0 atom stereocenters. The summed E-state index contributed by atoms with van der Waals surface area (Å²) in [7, 11) is 0. The lowest BCUT2D eigenvalue weighted by atomic mass is 10.4. The van der Waals surface area contributed by atoms with Gasteiger partial charge in [0.25, 0.3) is 0 Å². The maximum Gasteiger partial charge on any atom is 0.521 e. The number of amides is 1. The summed E-state index contributed by atoms with van der Waals surface area (Å²) in [5.41, 5.74) is 5.21. The second-order valence-electron chi connectivity index (χ2n) is 2.79. The Morgan fingerprint density at radius 1 is 1.45 bits per heavy atom. The third kappa shape index (κ3) is 1.07. The van der Waals surface area contributed by atoms with Crippen LogP contribution >= 0.6 is 0 Å². The van der Waals surface area contributed by atoms with Crippen molar-refractivity contribution in [2.45, 2.75) is 12.8 Å². The summed E-state index contributed by atoms with van der Waals surface area (Å²) in [4.78, 5) is 10.7. The summed E-state index contributed by atoms with van der Waals surface area (Å²) in [5, 5.41) is 15.9. The minimum atomic E-state index is -1.00. The van der Waals surface area contributed by atoms with Crippen molar-refractivity contribution in [3.05, 3.63) is 0 Å². The number of likely N-dealkylation sites (tertiary alicyclic amines) is 1. The van der Waals surface area contributed by atoms with E-state index in [9.17, 15) is 4.79 Å². The molecule has 1 aliphatic heterocycles. The molecule has 0 aliphatic carbocycles. The molecule has 1 amide bonds. The molecule has 4 N–H and O–H groups in total. The van der Waals surface area contributed by atoms with Crippen molar-refractivity contribution in [1.29, 1.82) is 5.41 Å². The van der Waals surface area contributed by atoms with Crippen LogP contribution in [0.2, 0.25) is 0 Å². The first kappa shape index (κ1) is 8.00. The summed E-state index contributed by atoms with van der Waals surface area (Å²) in [6, 6.07) is 0. The molecular weight excluding hydrogens is 146 g/mol. The van der Waals surface area contributed by atoms with E-state index in [1.807, 2.05) is 0 Å². The fourth-order valence-electron chi connectivity index (χ4n) is 1.41. The highest BCUT2D eigenvalue weighted by molar-refractivity contribution is 5.79. The number of nitrogens with one attached hydrogen (secondary N) is 1. The second-order valence-corrected chi connectivity index (χ2v) is 2.79. The quantitative estimate of drug-likeness (QED) is 0.267. The van der Waals surface area contributed by atoms with Crippen molar-refractivity contribution in [3.63, 3.8) is 0 Å². The number of quaternary nitrogens is 1. The van der Waals surface area contributed by atoms with Gasteiger partial charge in [-0.25, -0.2) is 5.41 Å². The third-order valence-electron chi connectivity index (χ3n) is 2.16. The number of nitrogens with two attached hydrogens (primary N) is 1. The van der Waals surface area contributed by atoms with Crippen LogP contribution in [0.15, 0.2) is 0 Å². The van der Waals surface area contributed by atoms with Gasteiger partial charge in [0.15, 0.2) is 0 Å². The van der Waals surface area contributed by atoms with Crippen molar-refractivity contribution in [2.75, 3.05) is 13.1 Å². The Balaban J connectivity index is 2.87. The molecule has 5 heteroatoms. The molecule has 0 aromatic carbocycles. The zero-order chi connectivity index (χ0) is 8.48. The molecule has 1 saturated heterocycles. The Bertz CT molecular complexity index is 180. The minimum absolute atomic E-state index is 0.255. The first-order valence-corrected chi connectivity index (χ1v) is 3.55. The standard InChI is InChI=1S/C6H11N3O2/c7-5(8)9(6(10)11)3-1-2-4-9/h1-4H2,(H3-,7,8,10,11)/p+1. The monoisotopic (exact) mass is 158 g/mol. The molecule has 0 spiro atoms. The average molecular weight is 158 g/mol. The van der Waals surface area contributed by atoms with E-state index in [0.29, 0.717) is 13.1 Å². The van der Waals surface area contributed by atoms with E-state index in [1.165, 1.54) is 0 Å². The lowest BCUT2D eigenvalue weighted by molar-refractivity contribution is -0.754. The number of hydrogen-bond acceptors (Lipinski definition) is 2. The zero-order valence-corrected chi connectivity index (χ0v) is 6.21. The van der Waals surface area contributed by atoms with Gasteiger partial charge in [-0.3, -0.25) is 0 Å². The molecule has 1 aliphatic rings. The summed E-state index contributed by atoms with van der Waals surface area (Å²) in [6.45, 7) is 0.926. The summed E-state index contributed by atoms with van der Waals surface area (Å²) in [6.07, 6.45) is 0.674. The number of rotatable bonds is 0. The Labute approximate surface area is 64.5 Å². The van der Waals surface area contributed by atoms with Crippen LogP contribution in [-0.4, -0.2) is 34.7 Å². The molecule has 0 aromatic rings.